The summed E-state index contributed by atoms with van der Waals surface area (Å²) in [6, 6.07) is 5.89. The third kappa shape index (κ3) is 3.41. The SMILES string of the molecule is O=C(COc1ccc(F)cc1)N1CCC(n2nccn2)CC1. The topological polar surface area (TPSA) is 60.2 Å². The van der Waals surface area contributed by atoms with Crippen LogP contribution >= 0.6 is 0 Å². The van der Waals surface area contributed by atoms with E-state index in [1.165, 1.54) is 24.3 Å². The van der Waals surface area contributed by atoms with Gasteiger partial charge < -0.3 is 9.64 Å². The van der Waals surface area contributed by atoms with E-state index < -0.39 is 0 Å². The van der Waals surface area contributed by atoms with Gasteiger partial charge in [-0.25, -0.2) is 4.39 Å². The number of rotatable bonds is 4. The summed E-state index contributed by atoms with van der Waals surface area (Å²) in [5.41, 5.74) is 0. The molecule has 0 radical (unpaired) electrons. The fraction of sp³-hybridized carbons (Fsp3) is 0.400. The molecule has 116 valence electrons. The van der Waals surface area contributed by atoms with Gasteiger partial charge >= 0.3 is 0 Å². The van der Waals surface area contributed by atoms with E-state index >= 15 is 0 Å². The maximum Gasteiger partial charge on any atom is 0.260 e. The van der Waals surface area contributed by atoms with Crippen molar-refractivity contribution >= 4 is 5.91 Å². The molecule has 1 saturated heterocycles. The van der Waals surface area contributed by atoms with Gasteiger partial charge in [-0.3, -0.25) is 4.79 Å². The largest absolute Gasteiger partial charge is 0.484 e. The Balaban J connectivity index is 1.46. The van der Waals surface area contributed by atoms with Crippen LogP contribution in [0.5, 0.6) is 5.75 Å². The molecular weight excluding hydrogens is 287 g/mol. The Kier molecular flexibility index (Phi) is 4.32. The molecule has 0 saturated carbocycles. The van der Waals surface area contributed by atoms with Crippen molar-refractivity contribution in [1.29, 1.82) is 0 Å². The van der Waals surface area contributed by atoms with Crippen molar-refractivity contribution in [2.45, 2.75) is 18.9 Å². The second-order valence-electron chi connectivity index (χ2n) is 5.20. The smallest absolute Gasteiger partial charge is 0.260 e. The highest BCUT2D eigenvalue weighted by molar-refractivity contribution is 5.77. The summed E-state index contributed by atoms with van der Waals surface area (Å²) in [7, 11) is 0. The molecule has 1 aliphatic rings. The van der Waals surface area contributed by atoms with E-state index in [4.69, 9.17) is 4.74 Å². The number of likely N-dealkylation sites (tertiary alicyclic amines) is 1. The molecule has 0 bridgehead atoms. The summed E-state index contributed by atoms with van der Waals surface area (Å²) in [5.74, 6) is 0.106. The Morgan fingerprint density at radius 1 is 1.18 bits per heavy atom. The number of amides is 1. The lowest BCUT2D eigenvalue weighted by Crippen LogP contribution is -2.41. The standard InChI is InChI=1S/C15H17FN4O2/c16-12-1-3-14(4-2-12)22-11-15(21)19-9-5-13(6-10-19)20-17-7-8-18-20/h1-4,7-8,13H,5-6,9-11H2. The van der Waals surface area contributed by atoms with Crippen LogP contribution in [0.4, 0.5) is 4.39 Å². The molecule has 2 aromatic rings. The van der Waals surface area contributed by atoms with E-state index in [0.717, 1.165) is 12.8 Å². The summed E-state index contributed by atoms with van der Waals surface area (Å²) in [4.78, 5) is 15.6. The number of carbonyl (C=O) groups excluding carboxylic acids is 1. The molecule has 0 aliphatic carbocycles. The molecule has 0 atom stereocenters. The van der Waals surface area contributed by atoms with Crippen molar-refractivity contribution in [3.8, 4) is 5.75 Å². The van der Waals surface area contributed by atoms with Gasteiger partial charge in [0.05, 0.1) is 18.4 Å². The van der Waals surface area contributed by atoms with Crippen molar-refractivity contribution in [3.05, 3.63) is 42.5 Å². The van der Waals surface area contributed by atoms with Crippen molar-refractivity contribution in [2.75, 3.05) is 19.7 Å². The van der Waals surface area contributed by atoms with Crippen LogP contribution in [0, 0.1) is 5.82 Å². The summed E-state index contributed by atoms with van der Waals surface area (Å²) in [6.45, 7) is 1.30. The van der Waals surface area contributed by atoms with Gasteiger partial charge in [-0.05, 0) is 37.1 Å². The first-order chi connectivity index (χ1) is 10.7. The molecule has 1 aliphatic heterocycles. The van der Waals surface area contributed by atoms with Gasteiger partial charge in [0.25, 0.3) is 5.91 Å². The number of benzene rings is 1. The quantitative estimate of drug-likeness (QED) is 0.862. The summed E-state index contributed by atoms with van der Waals surface area (Å²) in [5, 5.41) is 8.28. The van der Waals surface area contributed by atoms with Crippen molar-refractivity contribution in [2.24, 2.45) is 0 Å². The van der Waals surface area contributed by atoms with E-state index in [-0.39, 0.29) is 24.4 Å². The maximum atomic E-state index is 12.8. The highest BCUT2D eigenvalue weighted by atomic mass is 19.1. The Bertz CT molecular complexity index is 607. The zero-order valence-corrected chi connectivity index (χ0v) is 12.1. The molecule has 6 nitrogen and oxygen atoms in total. The Morgan fingerprint density at radius 3 is 2.45 bits per heavy atom. The van der Waals surface area contributed by atoms with Crippen molar-refractivity contribution in [3.63, 3.8) is 0 Å². The molecule has 1 aromatic heterocycles. The molecule has 1 aromatic carbocycles. The van der Waals surface area contributed by atoms with Crippen LogP contribution < -0.4 is 4.74 Å². The number of nitrogens with zero attached hydrogens (tertiary/aromatic N) is 4. The van der Waals surface area contributed by atoms with Gasteiger partial charge in [0, 0.05) is 13.1 Å². The third-order valence-corrected chi connectivity index (χ3v) is 3.76. The Hall–Kier alpha value is -2.44. The van der Waals surface area contributed by atoms with Crippen LogP contribution in [0.1, 0.15) is 18.9 Å². The van der Waals surface area contributed by atoms with Gasteiger partial charge in [0.2, 0.25) is 0 Å². The number of hydrogen-bond acceptors (Lipinski definition) is 4. The fourth-order valence-electron chi connectivity index (χ4n) is 2.53. The van der Waals surface area contributed by atoms with E-state index in [1.807, 2.05) is 0 Å². The van der Waals surface area contributed by atoms with Gasteiger partial charge in [-0.1, -0.05) is 0 Å². The Morgan fingerprint density at radius 2 is 1.82 bits per heavy atom. The predicted molar refractivity (Wildman–Crippen MR) is 76.8 cm³/mol. The average Bonchev–Trinajstić information content (AvgIpc) is 3.09. The van der Waals surface area contributed by atoms with Crippen LogP contribution in [0.2, 0.25) is 0 Å². The molecular formula is C15H17FN4O2. The monoisotopic (exact) mass is 304 g/mol. The number of piperidine rings is 1. The minimum atomic E-state index is -0.326. The van der Waals surface area contributed by atoms with Gasteiger partial charge in [0.1, 0.15) is 11.6 Å². The molecule has 1 fully saturated rings. The second kappa shape index (κ2) is 6.55. The van der Waals surface area contributed by atoms with Crippen LogP contribution in [-0.2, 0) is 4.79 Å². The summed E-state index contributed by atoms with van der Waals surface area (Å²) in [6.07, 6.45) is 4.98. The lowest BCUT2D eigenvalue weighted by Gasteiger charge is -2.31. The Labute approximate surface area is 127 Å². The zero-order chi connectivity index (χ0) is 15.4. The highest BCUT2D eigenvalue weighted by Gasteiger charge is 2.24. The number of carbonyl (C=O) groups is 1. The van der Waals surface area contributed by atoms with Crippen molar-refractivity contribution < 1.29 is 13.9 Å². The van der Waals surface area contributed by atoms with E-state index in [2.05, 4.69) is 10.2 Å². The maximum absolute atomic E-state index is 12.8. The molecule has 2 heterocycles. The van der Waals surface area contributed by atoms with E-state index in [0.29, 0.717) is 18.8 Å². The minimum Gasteiger partial charge on any atom is -0.484 e. The number of hydrogen-bond donors (Lipinski definition) is 0. The fourth-order valence-corrected chi connectivity index (χ4v) is 2.53. The average molecular weight is 304 g/mol. The lowest BCUT2D eigenvalue weighted by atomic mass is 10.1. The third-order valence-electron chi connectivity index (χ3n) is 3.76. The van der Waals surface area contributed by atoms with Crippen LogP contribution in [0.3, 0.4) is 0 Å². The number of aromatic nitrogens is 3. The normalized spacial score (nSPS) is 15.8. The second-order valence-corrected chi connectivity index (χ2v) is 5.20. The first-order valence-electron chi connectivity index (χ1n) is 7.24. The molecule has 22 heavy (non-hydrogen) atoms. The molecule has 0 spiro atoms. The zero-order valence-electron chi connectivity index (χ0n) is 12.1. The van der Waals surface area contributed by atoms with E-state index in [1.54, 1.807) is 22.1 Å². The van der Waals surface area contributed by atoms with Crippen LogP contribution in [0.25, 0.3) is 0 Å². The van der Waals surface area contributed by atoms with Gasteiger partial charge in [-0.15, -0.1) is 0 Å². The first-order valence-corrected chi connectivity index (χ1v) is 7.24. The van der Waals surface area contributed by atoms with Gasteiger partial charge in [-0.2, -0.15) is 15.0 Å². The predicted octanol–water partition coefficient (Wildman–Crippen LogP) is 1.66. The van der Waals surface area contributed by atoms with Gasteiger partial charge in [0.15, 0.2) is 6.61 Å². The molecule has 1 amide bonds. The van der Waals surface area contributed by atoms with Crippen molar-refractivity contribution in [1.82, 2.24) is 19.9 Å². The summed E-state index contributed by atoms with van der Waals surface area (Å²) < 4.78 is 18.2. The molecule has 7 heteroatoms. The number of halogens is 1. The lowest BCUT2D eigenvalue weighted by molar-refractivity contribution is -0.134. The van der Waals surface area contributed by atoms with Crippen LogP contribution in [-0.4, -0.2) is 45.5 Å². The molecule has 0 N–H and O–H groups in total. The highest BCUT2D eigenvalue weighted by Crippen LogP contribution is 2.20. The number of ether oxygens (including phenoxy) is 1. The molecule has 3 rings (SSSR count). The first kappa shape index (κ1) is 14.5. The van der Waals surface area contributed by atoms with Crippen LogP contribution in [0.15, 0.2) is 36.7 Å². The van der Waals surface area contributed by atoms with E-state index in [9.17, 15) is 9.18 Å². The minimum absolute atomic E-state index is 0.0314. The molecule has 0 unspecified atom stereocenters. The summed E-state index contributed by atoms with van der Waals surface area (Å²) >= 11 is 0.